The van der Waals surface area contributed by atoms with Gasteiger partial charge in [0.05, 0.1) is 36.1 Å². The van der Waals surface area contributed by atoms with Crippen LogP contribution >= 0.6 is 0 Å². The largest absolute Gasteiger partial charge is 0.474 e. The summed E-state index contributed by atoms with van der Waals surface area (Å²) in [4.78, 5) is 28.9. The van der Waals surface area contributed by atoms with E-state index in [1.807, 2.05) is 6.07 Å². The summed E-state index contributed by atoms with van der Waals surface area (Å²) in [6, 6.07) is 7.15. The Morgan fingerprint density at radius 3 is 2.72 bits per heavy atom. The van der Waals surface area contributed by atoms with Gasteiger partial charge < -0.3 is 20.5 Å². The number of carbonyl (C=O) groups excluding carboxylic acids is 2. The van der Waals surface area contributed by atoms with Crippen molar-refractivity contribution in [3.63, 3.8) is 0 Å². The highest BCUT2D eigenvalue weighted by Gasteiger charge is 2.27. The molecule has 1 aliphatic heterocycles. The molecule has 8 nitrogen and oxygen atoms in total. The molecule has 2 aromatic rings. The van der Waals surface area contributed by atoms with Gasteiger partial charge in [-0.25, -0.2) is 9.37 Å². The van der Waals surface area contributed by atoms with Gasteiger partial charge in [-0.3, -0.25) is 9.59 Å². The summed E-state index contributed by atoms with van der Waals surface area (Å²) in [6.07, 6.45) is 2.98. The monoisotopic (exact) mass is 438 g/mol. The van der Waals surface area contributed by atoms with Crippen molar-refractivity contribution in [1.29, 1.82) is 5.26 Å². The van der Waals surface area contributed by atoms with E-state index >= 15 is 0 Å². The summed E-state index contributed by atoms with van der Waals surface area (Å²) in [6.45, 7) is 0.962. The number of carbonyl (C=O) groups is 2. The molecule has 166 valence electrons. The van der Waals surface area contributed by atoms with E-state index in [9.17, 15) is 14.0 Å². The molecule has 2 heterocycles. The van der Waals surface area contributed by atoms with E-state index in [1.165, 1.54) is 12.1 Å². The average Bonchev–Trinajstić information content (AvgIpc) is 2.80. The van der Waals surface area contributed by atoms with Gasteiger partial charge in [-0.2, -0.15) is 5.26 Å². The number of fused-ring (bicyclic) bond motifs is 1. The van der Waals surface area contributed by atoms with Crippen molar-refractivity contribution in [2.24, 2.45) is 5.73 Å². The normalized spacial score (nSPS) is 20.0. The topological polar surface area (TPSA) is 127 Å². The first-order valence-corrected chi connectivity index (χ1v) is 10.5. The zero-order chi connectivity index (χ0) is 22.7. The van der Waals surface area contributed by atoms with Crippen molar-refractivity contribution in [2.75, 3.05) is 6.61 Å². The molecular formula is C23H23FN4O4. The molecule has 1 aliphatic carbocycles. The Morgan fingerprint density at radius 2 is 2.00 bits per heavy atom. The molecule has 0 unspecified atom stereocenters. The van der Waals surface area contributed by atoms with Crippen molar-refractivity contribution in [2.45, 2.75) is 50.9 Å². The van der Waals surface area contributed by atoms with E-state index < -0.39 is 17.6 Å². The van der Waals surface area contributed by atoms with Gasteiger partial charge in [0.2, 0.25) is 5.88 Å². The number of nitriles is 1. The fourth-order valence-electron chi connectivity index (χ4n) is 4.05. The van der Waals surface area contributed by atoms with Gasteiger partial charge in [0.25, 0.3) is 11.8 Å². The quantitative estimate of drug-likeness (QED) is 0.738. The Morgan fingerprint density at radius 1 is 1.22 bits per heavy atom. The lowest BCUT2D eigenvalue weighted by Crippen LogP contribution is -2.40. The Labute approximate surface area is 184 Å². The molecule has 1 saturated carbocycles. The number of aromatic nitrogens is 1. The van der Waals surface area contributed by atoms with E-state index in [4.69, 9.17) is 20.5 Å². The van der Waals surface area contributed by atoms with Crippen LogP contribution in [0.3, 0.4) is 0 Å². The molecule has 3 N–H and O–H groups in total. The number of primary amides is 1. The Kier molecular flexibility index (Phi) is 6.32. The molecule has 2 amide bonds. The number of nitrogens with two attached hydrogens (primary N) is 1. The molecule has 0 saturated heterocycles. The Bertz CT molecular complexity index is 1090. The number of nitrogens with one attached hydrogen (secondary N) is 1. The van der Waals surface area contributed by atoms with Crippen LogP contribution in [0.5, 0.6) is 5.88 Å². The third-order valence-corrected chi connectivity index (χ3v) is 5.79. The van der Waals surface area contributed by atoms with Crippen LogP contribution in [0, 0.1) is 17.1 Å². The van der Waals surface area contributed by atoms with Gasteiger partial charge in [0.1, 0.15) is 17.5 Å². The molecule has 0 radical (unpaired) electrons. The lowest BCUT2D eigenvalue weighted by Gasteiger charge is -2.30. The van der Waals surface area contributed by atoms with Crippen LogP contribution in [0.1, 0.15) is 63.2 Å². The second-order valence-corrected chi connectivity index (χ2v) is 7.99. The fraction of sp³-hybridized carbons (Fsp3) is 0.391. The number of benzene rings is 1. The molecule has 4 rings (SSSR count). The number of hydrogen-bond acceptors (Lipinski definition) is 6. The number of hydrogen-bond donors (Lipinski definition) is 2. The smallest absolute Gasteiger partial charge is 0.254 e. The van der Waals surface area contributed by atoms with E-state index in [1.54, 1.807) is 6.07 Å². The van der Waals surface area contributed by atoms with E-state index in [0.717, 1.165) is 17.3 Å². The van der Waals surface area contributed by atoms with Crippen LogP contribution in [0.2, 0.25) is 0 Å². The minimum absolute atomic E-state index is 0.142. The first-order chi connectivity index (χ1) is 15.4. The van der Waals surface area contributed by atoms with Gasteiger partial charge in [0.15, 0.2) is 0 Å². The van der Waals surface area contributed by atoms with Gasteiger partial charge in [-0.1, -0.05) is 0 Å². The second-order valence-electron chi connectivity index (χ2n) is 7.99. The highest BCUT2D eigenvalue weighted by Crippen LogP contribution is 2.28. The molecule has 1 fully saturated rings. The van der Waals surface area contributed by atoms with Gasteiger partial charge in [-0.15, -0.1) is 0 Å². The van der Waals surface area contributed by atoms with Gasteiger partial charge in [-0.05, 0) is 49.9 Å². The number of nitrogens with zero attached hydrogens (tertiary/aromatic N) is 2. The van der Waals surface area contributed by atoms with Crippen molar-refractivity contribution in [3.8, 4) is 11.9 Å². The maximum atomic E-state index is 14.0. The zero-order valence-electron chi connectivity index (χ0n) is 17.4. The summed E-state index contributed by atoms with van der Waals surface area (Å²) in [7, 11) is 0. The summed E-state index contributed by atoms with van der Waals surface area (Å²) < 4.78 is 25.4. The van der Waals surface area contributed by atoms with Crippen LogP contribution < -0.4 is 15.8 Å². The summed E-state index contributed by atoms with van der Waals surface area (Å²) in [5, 5.41) is 11.8. The fourth-order valence-corrected chi connectivity index (χ4v) is 4.05. The standard InChI is InChI=1S/C23H23FN4O4/c24-19-6-1-13(11-25)9-17(19)22(30)27-15-2-4-16(5-3-15)32-23-18(21(26)29)10-14-12-31-8-7-20(14)28-23/h1,6,9-10,15-16H,2-5,7-8,12H2,(H2,26,29)(H,27,30). The van der Waals surface area contributed by atoms with E-state index in [-0.39, 0.29) is 34.7 Å². The summed E-state index contributed by atoms with van der Waals surface area (Å²) in [5.41, 5.74) is 7.53. The number of ether oxygens (including phenoxy) is 2. The highest BCUT2D eigenvalue weighted by atomic mass is 19.1. The first-order valence-electron chi connectivity index (χ1n) is 10.5. The minimum atomic E-state index is -0.665. The summed E-state index contributed by atoms with van der Waals surface area (Å²) in [5.74, 6) is -1.58. The molecule has 0 atom stereocenters. The van der Waals surface area contributed by atoms with Crippen LogP contribution in [0.4, 0.5) is 4.39 Å². The number of pyridine rings is 1. The number of halogens is 1. The molecule has 32 heavy (non-hydrogen) atoms. The predicted octanol–water partition coefficient (Wildman–Crippen LogP) is 2.38. The molecule has 1 aromatic heterocycles. The first kappa shape index (κ1) is 21.7. The molecule has 2 aliphatic rings. The van der Waals surface area contributed by atoms with Crippen LogP contribution in [-0.4, -0.2) is 35.6 Å². The maximum Gasteiger partial charge on any atom is 0.254 e. The Hall–Kier alpha value is -3.51. The molecular weight excluding hydrogens is 415 g/mol. The van der Waals surface area contributed by atoms with Crippen molar-refractivity contribution >= 4 is 11.8 Å². The third kappa shape index (κ3) is 4.70. The van der Waals surface area contributed by atoms with Crippen molar-refractivity contribution in [3.05, 3.63) is 58.0 Å². The Balaban J connectivity index is 1.38. The lowest BCUT2D eigenvalue weighted by atomic mass is 9.92. The van der Waals surface area contributed by atoms with Gasteiger partial charge in [0, 0.05) is 18.0 Å². The number of amides is 2. The van der Waals surface area contributed by atoms with Crippen molar-refractivity contribution < 1.29 is 23.5 Å². The molecule has 1 aromatic carbocycles. The van der Waals surface area contributed by atoms with E-state index in [0.29, 0.717) is 45.3 Å². The minimum Gasteiger partial charge on any atom is -0.474 e. The molecule has 0 bridgehead atoms. The van der Waals surface area contributed by atoms with Crippen molar-refractivity contribution in [1.82, 2.24) is 10.3 Å². The zero-order valence-corrected chi connectivity index (χ0v) is 17.4. The lowest BCUT2D eigenvalue weighted by molar-refractivity contribution is 0.0872. The maximum absolute atomic E-state index is 14.0. The van der Waals surface area contributed by atoms with Crippen LogP contribution in [0.25, 0.3) is 0 Å². The number of rotatable bonds is 5. The predicted molar refractivity (Wildman–Crippen MR) is 111 cm³/mol. The average molecular weight is 438 g/mol. The second kappa shape index (κ2) is 9.32. The highest BCUT2D eigenvalue weighted by molar-refractivity contribution is 5.95. The third-order valence-electron chi connectivity index (χ3n) is 5.79. The molecule has 9 heteroatoms. The summed E-state index contributed by atoms with van der Waals surface area (Å²) >= 11 is 0. The van der Waals surface area contributed by atoms with E-state index in [2.05, 4.69) is 10.3 Å². The SMILES string of the molecule is N#Cc1ccc(F)c(C(=O)NC2CCC(Oc3nc4c(cc3C(N)=O)COCC4)CC2)c1. The van der Waals surface area contributed by atoms with Crippen LogP contribution in [-0.2, 0) is 17.8 Å². The van der Waals surface area contributed by atoms with Gasteiger partial charge >= 0.3 is 0 Å². The van der Waals surface area contributed by atoms with Crippen LogP contribution in [0.15, 0.2) is 24.3 Å². The molecule has 0 spiro atoms.